The summed E-state index contributed by atoms with van der Waals surface area (Å²) in [5, 5.41) is 2.76. The highest BCUT2D eigenvalue weighted by Crippen LogP contribution is 2.25. The van der Waals surface area contributed by atoms with Crippen molar-refractivity contribution in [1.82, 2.24) is 4.98 Å². The van der Waals surface area contributed by atoms with Crippen LogP contribution in [0.15, 0.2) is 52.9 Å². The van der Waals surface area contributed by atoms with Crippen LogP contribution in [0, 0.1) is 6.92 Å². The average Bonchev–Trinajstić information content (AvgIpc) is 3.33. The summed E-state index contributed by atoms with van der Waals surface area (Å²) in [6.07, 6.45) is 3.26. The molecule has 0 spiro atoms. The summed E-state index contributed by atoms with van der Waals surface area (Å²) < 4.78 is 10.7. The third kappa shape index (κ3) is 3.81. The lowest BCUT2D eigenvalue weighted by Gasteiger charge is -2.08. The number of esters is 1. The van der Waals surface area contributed by atoms with Crippen LogP contribution >= 0.6 is 0 Å². The van der Waals surface area contributed by atoms with Crippen molar-refractivity contribution in [2.24, 2.45) is 0 Å². The van der Waals surface area contributed by atoms with Crippen LogP contribution in [0.5, 0.6) is 0 Å². The fraction of sp³-hybridized carbons (Fsp3) is 0.227. The fourth-order valence-corrected chi connectivity index (χ4v) is 3.34. The van der Waals surface area contributed by atoms with Gasteiger partial charge in [0.05, 0.1) is 0 Å². The van der Waals surface area contributed by atoms with Gasteiger partial charge in [-0.3, -0.25) is 4.79 Å². The molecule has 4 rings (SSSR count). The van der Waals surface area contributed by atoms with Crippen LogP contribution in [0.25, 0.3) is 11.5 Å². The summed E-state index contributed by atoms with van der Waals surface area (Å²) in [4.78, 5) is 28.6. The smallest absolute Gasteiger partial charge is 0.361 e. The molecule has 0 atom stereocenters. The Hall–Kier alpha value is -3.41. The number of anilines is 1. The Kier molecular flexibility index (Phi) is 4.93. The van der Waals surface area contributed by atoms with Crippen LogP contribution in [0.3, 0.4) is 0 Å². The average molecular weight is 376 g/mol. The van der Waals surface area contributed by atoms with Crippen molar-refractivity contribution in [3.8, 4) is 11.5 Å². The Morgan fingerprint density at radius 3 is 2.71 bits per heavy atom. The van der Waals surface area contributed by atoms with Crippen LogP contribution in [0.1, 0.15) is 33.8 Å². The molecular weight excluding hydrogens is 356 g/mol. The monoisotopic (exact) mass is 376 g/mol. The molecule has 3 aromatic rings. The van der Waals surface area contributed by atoms with Gasteiger partial charge in [0, 0.05) is 11.3 Å². The summed E-state index contributed by atoms with van der Waals surface area (Å²) in [5.41, 5.74) is 4.15. The number of benzene rings is 2. The van der Waals surface area contributed by atoms with Crippen LogP contribution in [-0.2, 0) is 22.4 Å². The van der Waals surface area contributed by atoms with E-state index in [0.717, 1.165) is 24.8 Å². The number of hydrogen-bond acceptors (Lipinski definition) is 5. The lowest BCUT2D eigenvalue weighted by molar-refractivity contribution is -0.119. The second-order valence-corrected chi connectivity index (χ2v) is 6.75. The minimum atomic E-state index is -0.687. The SMILES string of the molecule is Cc1oc(-c2ccccc2)nc1C(=O)OCC(=O)Nc1ccc2c(c1)CCC2. The number of aromatic nitrogens is 1. The number of amides is 1. The molecule has 6 nitrogen and oxygen atoms in total. The molecule has 1 heterocycles. The summed E-state index contributed by atoms with van der Waals surface area (Å²) in [6, 6.07) is 15.2. The highest BCUT2D eigenvalue weighted by Gasteiger charge is 2.20. The molecule has 28 heavy (non-hydrogen) atoms. The van der Waals surface area contributed by atoms with Gasteiger partial charge in [0.15, 0.2) is 12.3 Å². The number of carbonyl (C=O) groups is 2. The number of hydrogen-bond donors (Lipinski definition) is 1. The lowest BCUT2D eigenvalue weighted by atomic mass is 10.1. The lowest BCUT2D eigenvalue weighted by Crippen LogP contribution is -2.21. The van der Waals surface area contributed by atoms with Gasteiger partial charge in [-0.2, -0.15) is 0 Å². The van der Waals surface area contributed by atoms with E-state index in [2.05, 4.69) is 10.3 Å². The van der Waals surface area contributed by atoms with Gasteiger partial charge in [-0.25, -0.2) is 9.78 Å². The molecule has 142 valence electrons. The molecule has 0 radical (unpaired) electrons. The Labute approximate surface area is 162 Å². The largest absolute Gasteiger partial charge is 0.451 e. The number of nitrogens with zero attached hydrogens (tertiary/aromatic N) is 1. The summed E-state index contributed by atoms with van der Waals surface area (Å²) in [6.45, 7) is 1.25. The first-order chi connectivity index (χ1) is 13.6. The molecule has 6 heteroatoms. The van der Waals surface area contributed by atoms with Crippen LogP contribution in [0.4, 0.5) is 5.69 Å². The number of oxazole rings is 1. The highest BCUT2D eigenvalue weighted by atomic mass is 16.5. The van der Waals surface area contributed by atoms with Crippen molar-refractivity contribution in [2.75, 3.05) is 11.9 Å². The zero-order valence-corrected chi connectivity index (χ0v) is 15.5. The molecule has 1 aliphatic rings. The molecule has 2 aromatic carbocycles. The molecule has 0 aliphatic heterocycles. The first kappa shape index (κ1) is 18.0. The van der Waals surface area contributed by atoms with Crippen molar-refractivity contribution in [2.45, 2.75) is 26.2 Å². The molecule has 0 unspecified atom stereocenters. The molecule has 1 aromatic heterocycles. The van der Waals surface area contributed by atoms with E-state index in [1.807, 2.05) is 48.5 Å². The topological polar surface area (TPSA) is 81.4 Å². The van der Waals surface area contributed by atoms with Crippen molar-refractivity contribution < 1.29 is 18.7 Å². The normalized spacial score (nSPS) is 12.5. The van der Waals surface area contributed by atoms with E-state index in [-0.39, 0.29) is 12.3 Å². The first-order valence-electron chi connectivity index (χ1n) is 9.22. The van der Waals surface area contributed by atoms with Gasteiger partial charge in [0.2, 0.25) is 5.89 Å². The number of nitrogens with one attached hydrogen (secondary N) is 1. The maximum Gasteiger partial charge on any atom is 0.361 e. The molecule has 1 aliphatic carbocycles. The molecule has 1 N–H and O–H groups in total. The number of carbonyl (C=O) groups excluding carboxylic acids is 2. The van der Waals surface area contributed by atoms with E-state index in [4.69, 9.17) is 9.15 Å². The van der Waals surface area contributed by atoms with E-state index < -0.39 is 11.9 Å². The van der Waals surface area contributed by atoms with Crippen LogP contribution < -0.4 is 5.32 Å². The standard InChI is InChI=1S/C22H20N2O4/c1-14-20(24-21(28-14)16-6-3-2-4-7-16)22(26)27-13-19(25)23-18-11-10-15-8-5-9-17(15)12-18/h2-4,6-7,10-12H,5,8-9,13H2,1H3,(H,23,25). The number of aryl methyl sites for hydroxylation is 3. The summed E-state index contributed by atoms with van der Waals surface area (Å²) >= 11 is 0. The van der Waals surface area contributed by atoms with Gasteiger partial charge >= 0.3 is 5.97 Å². The van der Waals surface area contributed by atoms with Gasteiger partial charge in [0.1, 0.15) is 5.76 Å². The number of rotatable bonds is 5. The van der Waals surface area contributed by atoms with Crippen LogP contribution in [-0.4, -0.2) is 23.5 Å². The number of fused-ring (bicyclic) bond motifs is 1. The van der Waals surface area contributed by atoms with E-state index in [9.17, 15) is 9.59 Å². The minimum absolute atomic E-state index is 0.0733. The molecule has 0 saturated heterocycles. The first-order valence-corrected chi connectivity index (χ1v) is 9.22. The van der Waals surface area contributed by atoms with E-state index in [0.29, 0.717) is 17.3 Å². The van der Waals surface area contributed by atoms with E-state index in [1.165, 1.54) is 11.1 Å². The molecule has 0 bridgehead atoms. The molecular formula is C22H20N2O4. The zero-order valence-electron chi connectivity index (χ0n) is 15.5. The maximum atomic E-state index is 12.3. The Morgan fingerprint density at radius 2 is 1.89 bits per heavy atom. The predicted octanol–water partition coefficient (Wildman–Crippen LogP) is 3.93. The Balaban J connectivity index is 1.36. The summed E-state index contributed by atoms with van der Waals surface area (Å²) in [5.74, 6) is -0.390. The molecule has 0 saturated carbocycles. The zero-order chi connectivity index (χ0) is 19.5. The van der Waals surface area contributed by atoms with E-state index >= 15 is 0 Å². The van der Waals surface area contributed by atoms with Gasteiger partial charge in [-0.05, 0) is 61.6 Å². The number of ether oxygens (including phenoxy) is 1. The molecule has 1 amide bonds. The Bertz CT molecular complexity index is 1020. The molecule has 0 fully saturated rings. The quantitative estimate of drug-likeness (QED) is 0.682. The third-order valence-electron chi connectivity index (χ3n) is 4.73. The second-order valence-electron chi connectivity index (χ2n) is 6.75. The maximum absolute atomic E-state index is 12.3. The fourth-order valence-electron chi connectivity index (χ4n) is 3.34. The van der Waals surface area contributed by atoms with Crippen molar-refractivity contribution in [3.63, 3.8) is 0 Å². The van der Waals surface area contributed by atoms with Crippen molar-refractivity contribution in [1.29, 1.82) is 0 Å². The van der Waals surface area contributed by atoms with Gasteiger partial charge in [-0.15, -0.1) is 0 Å². The summed E-state index contributed by atoms with van der Waals surface area (Å²) in [7, 11) is 0. The van der Waals surface area contributed by atoms with E-state index in [1.54, 1.807) is 6.92 Å². The van der Waals surface area contributed by atoms with Gasteiger partial charge in [-0.1, -0.05) is 24.3 Å². The van der Waals surface area contributed by atoms with Crippen molar-refractivity contribution in [3.05, 3.63) is 71.1 Å². The highest BCUT2D eigenvalue weighted by molar-refractivity contribution is 5.95. The third-order valence-corrected chi connectivity index (χ3v) is 4.73. The van der Waals surface area contributed by atoms with Gasteiger partial charge < -0.3 is 14.5 Å². The predicted molar refractivity (Wildman–Crippen MR) is 104 cm³/mol. The van der Waals surface area contributed by atoms with Gasteiger partial charge in [0.25, 0.3) is 5.91 Å². The Morgan fingerprint density at radius 1 is 1.11 bits per heavy atom. The minimum Gasteiger partial charge on any atom is -0.451 e. The second kappa shape index (κ2) is 7.68. The van der Waals surface area contributed by atoms with Crippen molar-refractivity contribution >= 4 is 17.6 Å². The van der Waals surface area contributed by atoms with Crippen LogP contribution in [0.2, 0.25) is 0 Å².